The number of benzene rings is 1. The highest BCUT2D eigenvalue weighted by Gasteiger charge is 2.27. The maximum Gasteiger partial charge on any atom is 0.271 e. The lowest BCUT2D eigenvalue weighted by molar-refractivity contribution is 0.0176. The molecule has 0 aliphatic carbocycles. The molecule has 3 aromatic rings. The number of hydrogen-bond acceptors (Lipinski definition) is 5. The summed E-state index contributed by atoms with van der Waals surface area (Å²) in [4.78, 5) is 6.16. The number of halogens is 4. The Morgan fingerprint density at radius 3 is 2.57 bits per heavy atom. The van der Waals surface area contributed by atoms with Gasteiger partial charge in [-0.1, -0.05) is 34.4 Å². The predicted octanol–water partition coefficient (Wildman–Crippen LogP) is 6.42. The summed E-state index contributed by atoms with van der Waals surface area (Å²) in [5.74, 6) is -2.63. The van der Waals surface area contributed by atoms with Gasteiger partial charge in [-0.25, -0.2) is 8.78 Å². The molecule has 7 nitrogen and oxygen atoms in total. The molecule has 2 aromatic heterocycles. The van der Waals surface area contributed by atoms with Crippen LogP contribution < -0.4 is 5.32 Å². The summed E-state index contributed by atoms with van der Waals surface area (Å²) in [5, 5.41) is 24.6. The van der Waals surface area contributed by atoms with Crippen molar-refractivity contribution >= 4 is 40.4 Å². The van der Waals surface area contributed by atoms with Gasteiger partial charge in [-0.05, 0) is 43.2 Å². The summed E-state index contributed by atoms with van der Waals surface area (Å²) < 4.78 is 32.1. The Balaban J connectivity index is 1.63. The average molecular weight is 524 g/mol. The van der Waals surface area contributed by atoms with E-state index in [1.165, 1.54) is 18.2 Å². The fraction of sp³-hybridized carbons (Fsp3) is 0.292. The van der Waals surface area contributed by atoms with E-state index >= 15 is 0 Å². The van der Waals surface area contributed by atoms with E-state index in [-0.39, 0.29) is 23.2 Å². The van der Waals surface area contributed by atoms with E-state index in [9.17, 15) is 8.78 Å². The molecule has 0 saturated carbocycles. The first-order valence-corrected chi connectivity index (χ1v) is 11.4. The standard InChI is InChI=1S/C24H25Cl2F2N5O2/c1-4-14(22-20(26)9-15(12-30-22)21-11-17(13-34)35-32-21)7-8-33(3)23(29)31-16-5-6-18(19(25)10-16)24(2,27)28/h4-6,9-12,34H,7-8,13H2,1-3H3,(H2,29,31)/b14-4+. The van der Waals surface area contributed by atoms with Gasteiger partial charge in [-0.2, -0.15) is 0 Å². The van der Waals surface area contributed by atoms with Gasteiger partial charge in [0, 0.05) is 49.6 Å². The Kier molecular flexibility index (Phi) is 8.47. The Morgan fingerprint density at radius 2 is 2.00 bits per heavy atom. The molecule has 0 bridgehead atoms. The van der Waals surface area contributed by atoms with Gasteiger partial charge in [-0.15, -0.1) is 0 Å². The molecule has 1 aromatic carbocycles. The van der Waals surface area contributed by atoms with Gasteiger partial charge in [0.15, 0.2) is 11.7 Å². The Hall–Kier alpha value is -3.01. The normalized spacial score (nSPS) is 12.1. The first-order chi connectivity index (χ1) is 16.5. The number of anilines is 1. The molecule has 0 unspecified atom stereocenters. The van der Waals surface area contributed by atoms with E-state index in [4.69, 9.17) is 38.2 Å². The summed E-state index contributed by atoms with van der Waals surface area (Å²) in [6.45, 7) is 2.88. The quantitative estimate of drug-likeness (QED) is 0.232. The van der Waals surface area contributed by atoms with Crippen molar-refractivity contribution in [3.63, 3.8) is 0 Å². The third-order valence-electron chi connectivity index (χ3n) is 5.31. The van der Waals surface area contributed by atoms with E-state index in [0.29, 0.717) is 46.4 Å². The van der Waals surface area contributed by atoms with Crippen LogP contribution in [0.15, 0.2) is 47.1 Å². The summed E-state index contributed by atoms with van der Waals surface area (Å²) in [5.41, 5.74) is 2.84. The van der Waals surface area contributed by atoms with Crippen LogP contribution in [0.3, 0.4) is 0 Å². The SMILES string of the molecule is C/C=C(\CCN(C)C(=N)Nc1ccc(C(C)(F)F)c(Cl)c1)c1ncc(-c2cc(CO)on2)cc1Cl. The Labute approximate surface area is 211 Å². The summed E-state index contributed by atoms with van der Waals surface area (Å²) >= 11 is 12.5. The van der Waals surface area contributed by atoms with Gasteiger partial charge in [0.1, 0.15) is 12.3 Å². The van der Waals surface area contributed by atoms with Crippen LogP contribution >= 0.6 is 23.2 Å². The van der Waals surface area contributed by atoms with Gasteiger partial charge >= 0.3 is 0 Å². The van der Waals surface area contributed by atoms with E-state index in [1.54, 1.807) is 30.3 Å². The number of nitrogens with one attached hydrogen (secondary N) is 2. The number of aromatic nitrogens is 2. The highest BCUT2D eigenvalue weighted by atomic mass is 35.5. The molecule has 35 heavy (non-hydrogen) atoms. The monoisotopic (exact) mass is 523 g/mol. The van der Waals surface area contributed by atoms with E-state index in [0.717, 1.165) is 12.5 Å². The fourth-order valence-corrected chi connectivity index (χ4v) is 3.95. The summed E-state index contributed by atoms with van der Waals surface area (Å²) in [6.07, 6.45) is 4.08. The predicted molar refractivity (Wildman–Crippen MR) is 134 cm³/mol. The van der Waals surface area contributed by atoms with Gasteiger partial charge in [-0.3, -0.25) is 10.4 Å². The molecule has 3 N–H and O–H groups in total. The minimum Gasteiger partial charge on any atom is -0.388 e. The summed E-state index contributed by atoms with van der Waals surface area (Å²) in [7, 11) is 1.74. The minimum absolute atomic E-state index is 0.0727. The van der Waals surface area contributed by atoms with Gasteiger partial charge in [0.25, 0.3) is 5.92 Å². The third-order valence-corrected chi connectivity index (χ3v) is 5.91. The van der Waals surface area contributed by atoms with Crippen molar-refractivity contribution in [3.8, 4) is 11.3 Å². The molecule has 11 heteroatoms. The van der Waals surface area contributed by atoms with Crippen molar-refractivity contribution in [2.75, 3.05) is 18.9 Å². The molecule has 2 heterocycles. The smallest absolute Gasteiger partial charge is 0.271 e. The van der Waals surface area contributed by atoms with Crippen LogP contribution in [-0.2, 0) is 12.5 Å². The Bertz CT molecular complexity index is 1240. The van der Waals surface area contributed by atoms with Crippen LogP contribution in [0.1, 0.15) is 37.3 Å². The second-order valence-corrected chi connectivity index (χ2v) is 8.75. The molecule has 0 radical (unpaired) electrons. The van der Waals surface area contributed by atoms with Crippen molar-refractivity contribution in [1.82, 2.24) is 15.0 Å². The van der Waals surface area contributed by atoms with Crippen LogP contribution in [0.4, 0.5) is 14.5 Å². The molecule has 0 saturated heterocycles. The third kappa shape index (κ3) is 6.56. The van der Waals surface area contributed by atoms with Crippen molar-refractivity contribution in [1.29, 1.82) is 5.41 Å². The number of pyridine rings is 1. The van der Waals surface area contributed by atoms with Crippen molar-refractivity contribution in [2.45, 2.75) is 32.8 Å². The number of hydrogen-bond donors (Lipinski definition) is 3. The van der Waals surface area contributed by atoms with Crippen LogP contribution in [0, 0.1) is 5.41 Å². The van der Waals surface area contributed by atoms with E-state index < -0.39 is 5.92 Å². The summed E-state index contributed by atoms with van der Waals surface area (Å²) in [6, 6.07) is 7.43. The van der Waals surface area contributed by atoms with Crippen LogP contribution in [0.25, 0.3) is 16.8 Å². The van der Waals surface area contributed by atoms with Gasteiger partial charge in [0.2, 0.25) is 0 Å². The van der Waals surface area contributed by atoms with Gasteiger partial charge in [0.05, 0.1) is 15.7 Å². The molecule has 186 valence electrons. The lowest BCUT2D eigenvalue weighted by Crippen LogP contribution is -2.33. The van der Waals surface area contributed by atoms with Crippen LogP contribution in [-0.4, -0.2) is 39.7 Å². The number of alkyl halides is 2. The largest absolute Gasteiger partial charge is 0.388 e. The molecule has 0 fully saturated rings. The number of guanidine groups is 1. The molecule has 3 rings (SSSR count). The Morgan fingerprint density at radius 1 is 1.26 bits per heavy atom. The lowest BCUT2D eigenvalue weighted by Gasteiger charge is -2.22. The second kappa shape index (κ2) is 11.2. The zero-order valence-corrected chi connectivity index (χ0v) is 20.9. The maximum absolute atomic E-state index is 13.5. The molecular formula is C24H25Cl2F2N5O2. The van der Waals surface area contributed by atoms with Gasteiger partial charge < -0.3 is 19.8 Å². The maximum atomic E-state index is 13.5. The minimum atomic E-state index is -3.05. The number of aliphatic hydroxyl groups is 1. The first kappa shape index (κ1) is 26.6. The highest BCUT2D eigenvalue weighted by Crippen LogP contribution is 2.34. The average Bonchev–Trinajstić information content (AvgIpc) is 3.28. The molecule has 0 spiro atoms. The zero-order chi connectivity index (χ0) is 25.8. The van der Waals surface area contributed by atoms with E-state index in [1.807, 2.05) is 13.0 Å². The van der Waals surface area contributed by atoms with Crippen molar-refractivity contribution in [3.05, 3.63) is 69.7 Å². The lowest BCUT2D eigenvalue weighted by atomic mass is 10.1. The molecule has 0 aliphatic heterocycles. The fourth-order valence-electron chi connectivity index (χ4n) is 3.32. The van der Waals surface area contributed by atoms with Crippen LogP contribution in [0.5, 0.6) is 0 Å². The van der Waals surface area contributed by atoms with E-state index in [2.05, 4.69) is 15.5 Å². The molecular weight excluding hydrogens is 499 g/mol. The molecule has 0 aliphatic rings. The second-order valence-electron chi connectivity index (χ2n) is 7.93. The van der Waals surface area contributed by atoms with Crippen molar-refractivity contribution < 1.29 is 18.4 Å². The number of allylic oxidation sites excluding steroid dienone is 1. The number of rotatable bonds is 8. The molecule has 0 atom stereocenters. The molecule has 0 amide bonds. The first-order valence-electron chi connectivity index (χ1n) is 10.7. The zero-order valence-electron chi connectivity index (χ0n) is 19.4. The topological polar surface area (TPSA) is 98.3 Å². The highest BCUT2D eigenvalue weighted by molar-refractivity contribution is 6.32. The van der Waals surface area contributed by atoms with Crippen LogP contribution in [0.2, 0.25) is 10.0 Å². The number of nitrogens with zero attached hydrogens (tertiary/aromatic N) is 3. The number of aliphatic hydroxyl groups excluding tert-OH is 1. The van der Waals surface area contributed by atoms with Crippen molar-refractivity contribution in [2.24, 2.45) is 0 Å².